The molecule has 0 aromatic heterocycles. The second-order valence-electron chi connectivity index (χ2n) is 5.39. The lowest BCUT2D eigenvalue weighted by Gasteiger charge is -2.18. The molecule has 1 rings (SSSR count). The maximum atomic E-state index is 9.02. The molecule has 0 amide bonds. The Labute approximate surface area is 112 Å². The van der Waals surface area contributed by atoms with E-state index in [0.29, 0.717) is 11.0 Å². The van der Waals surface area contributed by atoms with Gasteiger partial charge < -0.3 is 5.32 Å². The van der Waals surface area contributed by atoms with Gasteiger partial charge in [-0.1, -0.05) is 36.7 Å². The van der Waals surface area contributed by atoms with E-state index in [2.05, 4.69) is 48.1 Å². The molecule has 0 radical (unpaired) electrons. The molecule has 1 N–H and O–H groups in total. The molecule has 0 aliphatic rings. The molecule has 92 valence electrons. The maximum Gasteiger partial charge on any atom is 0.101 e. The summed E-state index contributed by atoms with van der Waals surface area (Å²) in [4.78, 5) is 0. The lowest BCUT2D eigenvalue weighted by Crippen LogP contribution is -2.09. The van der Waals surface area contributed by atoms with Crippen LogP contribution in [0.1, 0.15) is 39.2 Å². The minimum absolute atomic E-state index is 0.374. The lowest BCUT2D eigenvalue weighted by atomic mass is 9.91. The Hall–Kier alpha value is -1.01. The summed E-state index contributed by atoms with van der Waals surface area (Å²) in [6.45, 7) is 7.64. The monoisotopic (exact) mass is 294 g/mol. The summed E-state index contributed by atoms with van der Waals surface area (Å²) in [5, 5.41) is 12.3. The molecule has 0 atom stereocenters. The Bertz CT molecular complexity index is 413. The number of anilines is 1. The summed E-state index contributed by atoms with van der Waals surface area (Å²) in [5.41, 5.74) is 1.99. The van der Waals surface area contributed by atoms with Gasteiger partial charge in [0.25, 0.3) is 0 Å². The van der Waals surface area contributed by atoms with Crippen molar-refractivity contribution in [3.63, 3.8) is 0 Å². The second-order valence-corrected chi connectivity index (χ2v) is 6.31. The van der Waals surface area contributed by atoms with E-state index in [9.17, 15) is 0 Å². The zero-order chi connectivity index (χ0) is 12.9. The minimum Gasteiger partial charge on any atom is -0.384 e. The van der Waals surface area contributed by atoms with Crippen LogP contribution in [0.2, 0.25) is 0 Å². The van der Waals surface area contributed by atoms with Crippen LogP contribution in [0.4, 0.5) is 5.69 Å². The number of nitrogens with zero attached hydrogens (tertiary/aromatic N) is 1. The predicted octanol–water partition coefficient (Wildman–Crippen LogP) is 4.56. The van der Waals surface area contributed by atoms with Crippen LogP contribution in [-0.2, 0) is 0 Å². The van der Waals surface area contributed by atoms with Gasteiger partial charge in [0.1, 0.15) is 6.07 Å². The van der Waals surface area contributed by atoms with Gasteiger partial charge in [-0.15, -0.1) is 0 Å². The van der Waals surface area contributed by atoms with Crippen LogP contribution >= 0.6 is 15.9 Å². The molecule has 2 nitrogen and oxygen atoms in total. The van der Waals surface area contributed by atoms with E-state index < -0.39 is 0 Å². The summed E-state index contributed by atoms with van der Waals surface area (Å²) in [6, 6.07) is 7.94. The molecule has 0 heterocycles. The van der Waals surface area contributed by atoms with E-state index in [1.165, 1.54) is 6.42 Å². The highest BCUT2D eigenvalue weighted by molar-refractivity contribution is 9.10. The summed E-state index contributed by atoms with van der Waals surface area (Å²) < 4.78 is 0.939. The molecule has 0 saturated heterocycles. The Kier molecular flexibility index (Phi) is 5.02. The fourth-order valence-electron chi connectivity index (χ4n) is 1.60. The van der Waals surface area contributed by atoms with Gasteiger partial charge in [0, 0.05) is 11.0 Å². The lowest BCUT2D eigenvalue weighted by molar-refractivity contribution is 0.370. The molecule has 0 fully saturated rings. The Morgan fingerprint density at radius 3 is 2.65 bits per heavy atom. The van der Waals surface area contributed by atoms with Crippen molar-refractivity contribution in [1.29, 1.82) is 5.26 Å². The highest BCUT2D eigenvalue weighted by Crippen LogP contribution is 2.22. The number of rotatable bonds is 4. The van der Waals surface area contributed by atoms with Gasteiger partial charge in [-0.2, -0.15) is 5.26 Å². The van der Waals surface area contributed by atoms with Crippen LogP contribution in [0.5, 0.6) is 0 Å². The summed E-state index contributed by atoms with van der Waals surface area (Å²) in [5.74, 6) is 0. The third-order valence-corrected chi connectivity index (χ3v) is 3.01. The topological polar surface area (TPSA) is 35.8 Å². The van der Waals surface area contributed by atoms with Crippen LogP contribution in [0.15, 0.2) is 22.7 Å². The minimum atomic E-state index is 0.374. The van der Waals surface area contributed by atoms with Crippen molar-refractivity contribution in [3.8, 4) is 6.07 Å². The fraction of sp³-hybridized carbons (Fsp3) is 0.500. The first-order chi connectivity index (χ1) is 7.92. The van der Waals surface area contributed by atoms with Gasteiger partial charge in [-0.05, 0) is 36.5 Å². The molecule has 0 saturated carbocycles. The Balaban J connectivity index is 2.50. The van der Waals surface area contributed by atoms with Gasteiger partial charge in [-0.25, -0.2) is 0 Å². The number of halogens is 1. The highest BCUT2D eigenvalue weighted by atomic mass is 79.9. The van der Waals surface area contributed by atoms with Gasteiger partial charge >= 0.3 is 0 Å². The van der Waals surface area contributed by atoms with Crippen molar-refractivity contribution in [1.82, 2.24) is 0 Å². The average molecular weight is 295 g/mol. The Morgan fingerprint density at radius 1 is 1.35 bits per heavy atom. The smallest absolute Gasteiger partial charge is 0.101 e. The van der Waals surface area contributed by atoms with E-state index in [1.54, 1.807) is 0 Å². The molecular formula is C14H19BrN2. The van der Waals surface area contributed by atoms with Crippen LogP contribution in [0.25, 0.3) is 0 Å². The largest absolute Gasteiger partial charge is 0.384 e. The van der Waals surface area contributed by atoms with Gasteiger partial charge in [0.2, 0.25) is 0 Å². The van der Waals surface area contributed by atoms with Crippen molar-refractivity contribution >= 4 is 21.6 Å². The van der Waals surface area contributed by atoms with Crippen molar-refractivity contribution in [3.05, 3.63) is 28.2 Å². The highest BCUT2D eigenvalue weighted by Gasteiger charge is 2.09. The van der Waals surface area contributed by atoms with Crippen molar-refractivity contribution in [2.24, 2.45) is 5.41 Å². The first-order valence-electron chi connectivity index (χ1n) is 5.86. The Morgan fingerprint density at radius 2 is 2.06 bits per heavy atom. The van der Waals surface area contributed by atoms with Gasteiger partial charge in [0.15, 0.2) is 0 Å². The van der Waals surface area contributed by atoms with E-state index in [4.69, 9.17) is 5.26 Å². The summed E-state index contributed by atoms with van der Waals surface area (Å²) in [6.07, 6.45) is 2.29. The number of benzene rings is 1. The molecule has 0 bridgehead atoms. The standard InChI is InChI=1S/C14H19BrN2/c1-14(2,3)7-4-8-17-13-6-5-12(15)9-11(13)10-16/h5-6,9,17H,4,7-8H2,1-3H3. The first-order valence-corrected chi connectivity index (χ1v) is 6.65. The number of nitrogens with one attached hydrogen (secondary N) is 1. The van der Waals surface area contributed by atoms with E-state index in [-0.39, 0.29) is 0 Å². The van der Waals surface area contributed by atoms with Crippen molar-refractivity contribution in [2.45, 2.75) is 33.6 Å². The molecule has 0 aliphatic heterocycles. The SMILES string of the molecule is CC(C)(C)CCCNc1ccc(Br)cc1C#N. The number of nitriles is 1. The predicted molar refractivity (Wildman–Crippen MR) is 76.0 cm³/mol. The third-order valence-electron chi connectivity index (χ3n) is 2.52. The zero-order valence-corrected chi connectivity index (χ0v) is 12.3. The molecule has 0 aliphatic carbocycles. The van der Waals surface area contributed by atoms with Crippen LogP contribution in [-0.4, -0.2) is 6.54 Å². The summed E-state index contributed by atoms with van der Waals surface area (Å²) in [7, 11) is 0. The second kappa shape index (κ2) is 6.07. The molecule has 1 aromatic rings. The molecule has 17 heavy (non-hydrogen) atoms. The normalized spacial score (nSPS) is 11.0. The summed E-state index contributed by atoms with van der Waals surface area (Å²) >= 11 is 3.37. The van der Waals surface area contributed by atoms with E-state index in [0.717, 1.165) is 23.1 Å². The third kappa shape index (κ3) is 5.23. The van der Waals surface area contributed by atoms with Gasteiger partial charge in [-0.3, -0.25) is 0 Å². The average Bonchev–Trinajstić information content (AvgIpc) is 2.24. The van der Waals surface area contributed by atoms with Crippen LogP contribution in [0, 0.1) is 16.7 Å². The zero-order valence-electron chi connectivity index (χ0n) is 10.7. The van der Waals surface area contributed by atoms with Gasteiger partial charge in [0.05, 0.1) is 11.3 Å². The quantitative estimate of drug-likeness (QED) is 0.827. The number of hydrogen-bond donors (Lipinski definition) is 1. The maximum absolute atomic E-state index is 9.02. The molecule has 0 unspecified atom stereocenters. The molecule has 3 heteroatoms. The molecule has 1 aromatic carbocycles. The number of hydrogen-bond acceptors (Lipinski definition) is 2. The van der Waals surface area contributed by atoms with Crippen LogP contribution < -0.4 is 5.32 Å². The van der Waals surface area contributed by atoms with Crippen molar-refractivity contribution < 1.29 is 0 Å². The first kappa shape index (κ1) is 14.1. The van der Waals surface area contributed by atoms with E-state index in [1.807, 2.05) is 18.2 Å². The fourth-order valence-corrected chi connectivity index (χ4v) is 1.97. The molecular weight excluding hydrogens is 276 g/mol. The van der Waals surface area contributed by atoms with Crippen molar-refractivity contribution in [2.75, 3.05) is 11.9 Å². The van der Waals surface area contributed by atoms with E-state index >= 15 is 0 Å². The van der Waals surface area contributed by atoms with Crippen LogP contribution in [0.3, 0.4) is 0 Å². The molecule has 0 spiro atoms.